The van der Waals surface area contributed by atoms with Gasteiger partial charge in [0.1, 0.15) is 23.2 Å². The van der Waals surface area contributed by atoms with Gasteiger partial charge in [-0.25, -0.2) is 4.79 Å². The van der Waals surface area contributed by atoms with Gasteiger partial charge in [-0.2, -0.15) is 13.4 Å². The third kappa shape index (κ3) is 10.7. The molecule has 2 aromatic rings. The normalized spacial score (nSPS) is 20.8. The van der Waals surface area contributed by atoms with E-state index in [1.165, 1.54) is 16.8 Å². The summed E-state index contributed by atoms with van der Waals surface area (Å²) in [6.45, 7) is 45.3. The van der Waals surface area contributed by atoms with Crippen LogP contribution in [0.15, 0.2) is 34.1 Å². The molecule has 0 radical (unpaired) electrons. The molecule has 4 atom stereocenters. The van der Waals surface area contributed by atoms with Gasteiger partial charge in [-0.1, -0.05) is 116 Å². The molecule has 1 aliphatic heterocycles. The van der Waals surface area contributed by atoms with Crippen molar-refractivity contribution in [2.45, 2.75) is 205 Å². The Labute approximate surface area is 343 Å². The molecule has 0 spiro atoms. The molecule has 3 rings (SSSR count). The minimum Gasteiger partial charge on any atom is -0.414 e. The van der Waals surface area contributed by atoms with Crippen LogP contribution in [0.5, 0.6) is 5.88 Å². The number of hydrogen-bond donors (Lipinski definition) is 0. The monoisotopic (exact) mass is 852 g/mol. The fraction of sp³-hybridized carbons (Fsp3) is 0.762. The largest absolute Gasteiger partial charge is 0.414 e. The molecule has 1 saturated heterocycles. The molecule has 2 heterocycles. The van der Waals surface area contributed by atoms with E-state index in [-0.39, 0.29) is 50.3 Å². The minimum absolute atomic E-state index is 0.0306. The van der Waals surface area contributed by atoms with E-state index in [9.17, 15) is 13.2 Å². The van der Waals surface area contributed by atoms with E-state index < -0.39 is 65.3 Å². The predicted octanol–water partition coefficient (Wildman–Crippen LogP) is 11.1. The molecule has 1 aromatic heterocycles. The summed E-state index contributed by atoms with van der Waals surface area (Å²) in [5.41, 5.74) is 1.70. The standard InChI is InChI=1S/C42H76N2O8SSi3/c1-27(2)30-24-31(28(3)4)37(32(25-30)29(5)6)53(46,47)50-34-22-23-44(39(45)43-34)38-36(52-56(20,21)42(13,14)15)35(51-55(18,19)41(10,11)12)33(49-38)26-48-54(16,17)40(7,8)9/h22-25,27-29,33,35-36,38H,26H2,1-21H3/t33-,35-,36-,38-/m1/s1. The van der Waals surface area contributed by atoms with Gasteiger partial charge >= 0.3 is 15.8 Å². The predicted molar refractivity (Wildman–Crippen MR) is 236 cm³/mol. The Morgan fingerprint density at radius 2 is 1.18 bits per heavy atom. The van der Waals surface area contributed by atoms with Crippen LogP contribution in [-0.2, 0) is 28.1 Å². The molecule has 0 saturated carbocycles. The molecule has 1 aromatic carbocycles. The summed E-state index contributed by atoms with van der Waals surface area (Å²) in [6, 6.07) is 5.33. The first-order chi connectivity index (χ1) is 25.0. The maximum atomic E-state index is 14.2. The van der Waals surface area contributed by atoms with Crippen LogP contribution in [0.2, 0.25) is 54.4 Å². The third-order valence-electron chi connectivity index (χ3n) is 12.8. The van der Waals surface area contributed by atoms with Crippen LogP contribution in [0.1, 0.15) is 145 Å². The second-order valence-electron chi connectivity index (χ2n) is 21.3. The summed E-state index contributed by atoms with van der Waals surface area (Å²) in [6.07, 6.45) is -1.17. The van der Waals surface area contributed by atoms with Crippen molar-refractivity contribution in [3.05, 3.63) is 51.6 Å². The highest BCUT2D eigenvalue weighted by Gasteiger charge is 2.55. The molecule has 14 heteroatoms. The first-order valence-electron chi connectivity index (χ1n) is 20.4. The molecule has 0 amide bonds. The Morgan fingerprint density at radius 3 is 1.57 bits per heavy atom. The summed E-state index contributed by atoms with van der Waals surface area (Å²) < 4.78 is 63.5. The van der Waals surface area contributed by atoms with Gasteiger partial charge in [0, 0.05) is 12.3 Å². The van der Waals surface area contributed by atoms with Gasteiger partial charge in [-0.15, -0.1) is 0 Å². The number of rotatable bonds is 14. The van der Waals surface area contributed by atoms with Crippen molar-refractivity contribution < 1.29 is 30.6 Å². The van der Waals surface area contributed by atoms with Crippen LogP contribution in [0.4, 0.5) is 0 Å². The molecule has 0 N–H and O–H groups in total. The average molecular weight is 853 g/mol. The van der Waals surface area contributed by atoms with Crippen LogP contribution in [0.3, 0.4) is 0 Å². The third-order valence-corrected chi connectivity index (χ3v) is 27.6. The summed E-state index contributed by atoms with van der Waals surface area (Å²) in [5, 5.41) is -0.293. The average Bonchev–Trinajstić information content (AvgIpc) is 3.32. The first-order valence-corrected chi connectivity index (χ1v) is 30.5. The Kier molecular flexibility index (Phi) is 14.6. The molecule has 56 heavy (non-hydrogen) atoms. The Bertz CT molecular complexity index is 1820. The van der Waals surface area contributed by atoms with Crippen molar-refractivity contribution in [3.8, 4) is 5.88 Å². The molecular formula is C42H76N2O8SSi3. The molecule has 0 bridgehead atoms. The Morgan fingerprint density at radius 1 is 0.732 bits per heavy atom. The lowest BCUT2D eigenvalue weighted by molar-refractivity contribution is -0.0510. The van der Waals surface area contributed by atoms with E-state index in [0.717, 1.165) is 5.56 Å². The van der Waals surface area contributed by atoms with Crippen LogP contribution in [-0.4, -0.2) is 67.8 Å². The second kappa shape index (κ2) is 16.8. The minimum atomic E-state index is -4.38. The van der Waals surface area contributed by atoms with E-state index in [4.69, 9.17) is 22.2 Å². The molecule has 10 nitrogen and oxygen atoms in total. The summed E-state index contributed by atoms with van der Waals surface area (Å²) in [5.74, 6) is -0.277. The maximum absolute atomic E-state index is 14.2. The van der Waals surface area contributed by atoms with Crippen LogP contribution in [0.25, 0.3) is 0 Å². The number of nitrogens with zero attached hydrogens (tertiary/aromatic N) is 2. The van der Waals surface area contributed by atoms with Gasteiger partial charge in [0.15, 0.2) is 31.2 Å². The summed E-state index contributed by atoms with van der Waals surface area (Å²) in [7, 11) is -11.5. The van der Waals surface area contributed by atoms with Crippen molar-refractivity contribution in [1.82, 2.24) is 9.55 Å². The van der Waals surface area contributed by atoms with E-state index in [0.29, 0.717) is 11.1 Å². The zero-order valence-electron chi connectivity index (χ0n) is 38.6. The van der Waals surface area contributed by atoms with Crippen molar-refractivity contribution >= 4 is 35.1 Å². The topological polar surface area (TPSA) is 115 Å². The number of ether oxygens (including phenoxy) is 1. The second-order valence-corrected chi connectivity index (χ2v) is 37.1. The molecule has 0 unspecified atom stereocenters. The van der Waals surface area contributed by atoms with Gasteiger partial charge in [0.25, 0.3) is 0 Å². The summed E-state index contributed by atoms with van der Waals surface area (Å²) >= 11 is 0. The van der Waals surface area contributed by atoms with Gasteiger partial charge in [-0.05, 0) is 88.8 Å². The zero-order chi connectivity index (χ0) is 43.4. The number of benzene rings is 1. The van der Waals surface area contributed by atoms with Gasteiger partial charge < -0.3 is 22.2 Å². The van der Waals surface area contributed by atoms with Crippen molar-refractivity contribution in [3.63, 3.8) is 0 Å². The lowest BCUT2D eigenvalue weighted by Gasteiger charge is -2.44. The van der Waals surface area contributed by atoms with E-state index in [1.54, 1.807) is 0 Å². The van der Waals surface area contributed by atoms with Gasteiger partial charge in [-0.3, -0.25) is 4.57 Å². The lowest BCUT2D eigenvalue weighted by atomic mass is 9.89. The SMILES string of the molecule is CC(C)c1cc(C(C)C)c(S(=O)(=O)Oc2ccn([C@@H]3O[C@H](CO[Si](C)(C)C(C)(C)C)[C@@H](O[Si](C)(C)C(C)(C)C)[C@H]3O[Si](C)(C)C(C)(C)C)c(=O)n2)c(C(C)C)c1. The Hall–Kier alpha value is -1.66. The highest BCUT2D eigenvalue weighted by Crippen LogP contribution is 2.46. The van der Waals surface area contributed by atoms with E-state index >= 15 is 0 Å². The highest BCUT2D eigenvalue weighted by atomic mass is 32.2. The molecule has 1 aliphatic rings. The van der Waals surface area contributed by atoms with Crippen molar-refractivity contribution in [1.29, 1.82) is 0 Å². The Balaban J connectivity index is 2.19. The number of aromatic nitrogens is 2. The fourth-order valence-corrected chi connectivity index (χ4v) is 11.0. The molecule has 0 aliphatic carbocycles. The number of hydrogen-bond acceptors (Lipinski definition) is 9. The van der Waals surface area contributed by atoms with E-state index in [2.05, 4.69) is 120 Å². The quantitative estimate of drug-likeness (QED) is 0.135. The fourth-order valence-electron chi connectivity index (χ4n) is 5.84. The van der Waals surface area contributed by atoms with Gasteiger partial charge in [0.2, 0.25) is 5.88 Å². The smallest absolute Gasteiger partial charge is 0.353 e. The zero-order valence-corrected chi connectivity index (χ0v) is 42.4. The van der Waals surface area contributed by atoms with Gasteiger partial charge in [0.05, 0.1) is 6.61 Å². The summed E-state index contributed by atoms with van der Waals surface area (Å²) in [4.78, 5) is 18.5. The first kappa shape index (κ1) is 48.7. The van der Waals surface area contributed by atoms with Crippen molar-refractivity contribution in [2.24, 2.45) is 0 Å². The maximum Gasteiger partial charge on any atom is 0.353 e. The van der Waals surface area contributed by atoms with Crippen LogP contribution >= 0.6 is 0 Å². The highest BCUT2D eigenvalue weighted by molar-refractivity contribution is 7.87. The van der Waals surface area contributed by atoms with Crippen molar-refractivity contribution in [2.75, 3.05) is 6.61 Å². The molecular weight excluding hydrogens is 777 g/mol. The molecule has 320 valence electrons. The molecule has 1 fully saturated rings. The van der Waals surface area contributed by atoms with E-state index in [1.807, 2.05) is 39.8 Å². The van der Waals surface area contributed by atoms with Crippen LogP contribution in [0, 0.1) is 0 Å². The lowest BCUT2D eigenvalue weighted by Crippen LogP contribution is -2.54. The van der Waals surface area contributed by atoms with Crippen LogP contribution < -0.4 is 9.87 Å².